The number of carbonyl (C=O) groups is 2. The van der Waals surface area contributed by atoms with Gasteiger partial charge in [0.25, 0.3) is 0 Å². The van der Waals surface area contributed by atoms with Crippen LogP contribution in [0, 0.1) is 0 Å². The van der Waals surface area contributed by atoms with Crippen molar-refractivity contribution in [3.8, 4) is 0 Å². The first-order valence-electron chi connectivity index (χ1n) is 21.6. The highest BCUT2D eigenvalue weighted by molar-refractivity contribution is 7.47. The van der Waals surface area contributed by atoms with E-state index in [2.05, 4.69) is 30.5 Å². The molecule has 0 aromatic rings. The molecule has 0 aliphatic rings. The zero-order chi connectivity index (χ0) is 39.1. The number of carbonyl (C=O) groups excluding carboxylic acids is 2. The minimum atomic E-state index is -4.61. The molecule has 0 bridgehead atoms. The van der Waals surface area contributed by atoms with Crippen LogP contribution in [0.5, 0.6) is 0 Å². The van der Waals surface area contributed by atoms with Crippen LogP contribution in [0.15, 0.2) is 12.2 Å². The van der Waals surface area contributed by atoms with Crippen LogP contribution in [0.2, 0.25) is 0 Å². The molecule has 0 saturated carbocycles. The summed E-state index contributed by atoms with van der Waals surface area (Å²) in [7, 11) is -4.61. The summed E-state index contributed by atoms with van der Waals surface area (Å²) in [5.41, 5.74) is 0. The molecule has 2 unspecified atom stereocenters. The fourth-order valence-electron chi connectivity index (χ4n) is 6.05. The molecule has 0 aliphatic heterocycles. The molecule has 0 heterocycles. The molecule has 0 radical (unpaired) electrons. The Kier molecular flexibility index (Phi) is 38.0. The number of ether oxygens (including phenoxy) is 2. The van der Waals surface area contributed by atoms with Gasteiger partial charge in [-0.3, -0.25) is 18.6 Å². The van der Waals surface area contributed by atoms with Crippen LogP contribution in [0.25, 0.3) is 0 Å². The lowest BCUT2D eigenvalue weighted by Crippen LogP contribution is -2.29. The molecule has 0 amide bonds. The lowest BCUT2D eigenvalue weighted by molar-refractivity contribution is -0.161. The minimum absolute atomic E-state index is 0.178. The fraction of sp³-hybridized carbons (Fsp3) is 0.905. The van der Waals surface area contributed by atoms with Crippen molar-refractivity contribution in [2.75, 3.05) is 26.4 Å². The number of allylic oxidation sites excluding steroid dienone is 2. The summed E-state index contributed by atoms with van der Waals surface area (Å²) in [5.74, 6) is -0.924. The molecule has 53 heavy (non-hydrogen) atoms. The maximum Gasteiger partial charge on any atom is 0.472 e. The highest BCUT2D eigenvalue weighted by Crippen LogP contribution is 2.43. The van der Waals surface area contributed by atoms with E-state index in [0.717, 1.165) is 57.8 Å². The zero-order valence-electron chi connectivity index (χ0n) is 34.0. The van der Waals surface area contributed by atoms with E-state index in [9.17, 15) is 24.2 Å². The molecule has 3 atom stereocenters. The van der Waals surface area contributed by atoms with E-state index in [1.807, 2.05) is 0 Å². The van der Waals surface area contributed by atoms with E-state index in [1.165, 1.54) is 109 Å². The molecule has 0 aromatic heterocycles. The van der Waals surface area contributed by atoms with Crippen molar-refractivity contribution in [1.82, 2.24) is 0 Å². The van der Waals surface area contributed by atoms with E-state index in [-0.39, 0.29) is 19.4 Å². The Morgan fingerprint density at radius 2 is 0.925 bits per heavy atom. The van der Waals surface area contributed by atoms with Crippen LogP contribution in [-0.2, 0) is 32.7 Å². The molecule has 0 saturated heterocycles. The van der Waals surface area contributed by atoms with Crippen LogP contribution in [0.3, 0.4) is 0 Å². The Labute approximate surface area is 324 Å². The highest BCUT2D eigenvalue weighted by Gasteiger charge is 2.27. The van der Waals surface area contributed by atoms with Gasteiger partial charge >= 0.3 is 19.8 Å². The number of hydrogen-bond acceptors (Lipinski definition) is 9. The van der Waals surface area contributed by atoms with E-state index in [4.69, 9.17) is 19.1 Å². The lowest BCUT2D eigenvalue weighted by atomic mass is 10.0. The first-order valence-corrected chi connectivity index (χ1v) is 23.1. The second-order valence-electron chi connectivity index (χ2n) is 14.7. The number of aliphatic hydroxyl groups excluding tert-OH is 2. The minimum Gasteiger partial charge on any atom is -0.462 e. The van der Waals surface area contributed by atoms with Gasteiger partial charge < -0.3 is 24.6 Å². The van der Waals surface area contributed by atoms with E-state index in [0.29, 0.717) is 12.8 Å². The Balaban J connectivity index is 4.28. The monoisotopic (exact) mass is 777 g/mol. The summed E-state index contributed by atoms with van der Waals surface area (Å²) in [4.78, 5) is 34.9. The molecule has 3 N–H and O–H groups in total. The van der Waals surface area contributed by atoms with Gasteiger partial charge in [0.1, 0.15) is 12.7 Å². The van der Waals surface area contributed by atoms with Crippen LogP contribution in [-0.4, -0.2) is 65.7 Å². The van der Waals surface area contributed by atoms with Crippen LogP contribution >= 0.6 is 7.82 Å². The quantitative estimate of drug-likeness (QED) is 0.0237. The number of phosphoric ester groups is 1. The summed E-state index contributed by atoms with van der Waals surface area (Å²) in [6.07, 6.45) is 36.0. The maximum absolute atomic E-state index is 12.6. The van der Waals surface area contributed by atoms with Crippen molar-refractivity contribution in [2.45, 2.75) is 219 Å². The Hall–Kier alpha value is -1.29. The van der Waals surface area contributed by atoms with Gasteiger partial charge in [0.05, 0.1) is 19.8 Å². The zero-order valence-corrected chi connectivity index (χ0v) is 34.9. The Morgan fingerprint density at radius 3 is 1.36 bits per heavy atom. The molecule has 0 aliphatic carbocycles. The Bertz CT molecular complexity index is 899. The molecule has 0 fully saturated rings. The van der Waals surface area contributed by atoms with Gasteiger partial charge in [-0.25, -0.2) is 4.57 Å². The van der Waals surface area contributed by atoms with Crippen molar-refractivity contribution in [1.29, 1.82) is 0 Å². The van der Waals surface area contributed by atoms with Gasteiger partial charge in [0.2, 0.25) is 0 Å². The molecular formula is C42H81O10P. The number of phosphoric acid groups is 1. The SMILES string of the molecule is CCCCCCCC/C=C\CCCCCCCC(=O)OC(COC(=O)CCCCCCCCCCCCCCCCC)COP(=O)(O)OC[C@@H](O)CO. The normalized spacial score (nSPS) is 14.0. The molecule has 0 aromatic carbocycles. The highest BCUT2D eigenvalue weighted by atomic mass is 31.2. The largest absolute Gasteiger partial charge is 0.472 e. The standard InChI is InChI=1S/C42H81O10P/c1-3-5-7-9-11-13-15-17-19-21-23-25-27-29-31-33-41(45)49-37-40(38-51-53(47,48)50-36-39(44)35-43)52-42(46)34-32-30-28-26-24-22-20-18-16-14-12-10-8-6-4-2/h18,20,39-40,43-44H,3-17,19,21-38H2,1-2H3,(H,47,48)/b20-18-/t39-,40?/m0/s1. The van der Waals surface area contributed by atoms with Crippen molar-refractivity contribution >= 4 is 19.8 Å². The van der Waals surface area contributed by atoms with Crippen LogP contribution in [0.1, 0.15) is 206 Å². The summed E-state index contributed by atoms with van der Waals surface area (Å²) in [5, 5.41) is 18.3. The van der Waals surface area contributed by atoms with Gasteiger partial charge in [0, 0.05) is 12.8 Å². The average Bonchev–Trinajstić information content (AvgIpc) is 3.14. The third-order valence-corrected chi connectivity index (χ3v) is 10.4. The number of aliphatic hydroxyl groups is 2. The molecule has 314 valence electrons. The predicted octanol–water partition coefficient (Wildman–Crippen LogP) is 11.2. The van der Waals surface area contributed by atoms with Crippen molar-refractivity contribution < 1.29 is 47.8 Å². The van der Waals surface area contributed by atoms with Gasteiger partial charge in [-0.15, -0.1) is 0 Å². The topological polar surface area (TPSA) is 149 Å². The molecule has 0 rings (SSSR count). The smallest absolute Gasteiger partial charge is 0.462 e. The molecule has 10 nitrogen and oxygen atoms in total. The van der Waals surface area contributed by atoms with Crippen LogP contribution < -0.4 is 0 Å². The summed E-state index contributed by atoms with van der Waals surface area (Å²) in [6.45, 7) is 2.39. The summed E-state index contributed by atoms with van der Waals surface area (Å²) in [6, 6.07) is 0. The summed E-state index contributed by atoms with van der Waals surface area (Å²) >= 11 is 0. The second-order valence-corrected chi connectivity index (χ2v) is 16.2. The molecular weight excluding hydrogens is 695 g/mol. The molecule has 0 spiro atoms. The van der Waals surface area contributed by atoms with E-state index in [1.54, 1.807) is 0 Å². The average molecular weight is 777 g/mol. The number of hydrogen-bond donors (Lipinski definition) is 3. The van der Waals surface area contributed by atoms with Crippen molar-refractivity contribution in [3.05, 3.63) is 12.2 Å². The number of esters is 2. The van der Waals surface area contributed by atoms with Gasteiger partial charge in [0.15, 0.2) is 6.10 Å². The van der Waals surface area contributed by atoms with Gasteiger partial charge in [-0.05, 0) is 38.5 Å². The maximum atomic E-state index is 12.6. The van der Waals surface area contributed by atoms with Crippen molar-refractivity contribution in [2.24, 2.45) is 0 Å². The summed E-state index contributed by atoms with van der Waals surface area (Å²) < 4.78 is 32.7. The Morgan fingerprint density at radius 1 is 0.547 bits per heavy atom. The first-order chi connectivity index (χ1) is 25.7. The fourth-order valence-corrected chi connectivity index (χ4v) is 6.84. The predicted molar refractivity (Wildman–Crippen MR) is 215 cm³/mol. The van der Waals surface area contributed by atoms with E-state index < -0.39 is 51.8 Å². The second kappa shape index (κ2) is 39.0. The van der Waals surface area contributed by atoms with Gasteiger partial charge in [-0.2, -0.15) is 0 Å². The van der Waals surface area contributed by atoms with E-state index >= 15 is 0 Å². The third-order valence-electron chi connectivity index (χ3n) is 9.42. The lowest BCUT2D eigenvalue weighted by Gasteiger charge is -2.20. The van der Waals surface area contributed by atoms with Crippen LogP contribution in [0.4, 0.5) is 0 Å². The molecule has 11 heteroatoms. The number of unbranched alkanes of at least 4 members (excludes halogenated alkanes) is 25. The number of rotatable bonds is 41. The third kappa shape index (κ3) is 38.8. The van der Waals surface area contributed by atoms with Gasteiger partial charge in [-0.1, -0.05) is 167 Å². The first kappa shape index (κ1) is 51.7. The van der Waals surface area contributed by atoms with Crippen molar-refractivity contribution in [3.63, 3.8) is 0 Å².